The fourth-order valence-electron chi connectivity index (χ4n) is 2.13. The van der Waals surface area contributed by atoms with Gasteiger partial charge in [-0.05, 0) is 25.2 Å². The summed E-state index contributed by atoms with van der Waals surface area (Å²) in [5.41, 5.74) is 5.55. The van der Waals surface area contributed by atoms with Crippen LogP contribution in [0.3, 0.4) is 0 Å². The molecule has 0 spiro atoms. The maximum absolute atomic E-state index is 5.73. The van der Waals surface area contributed by atoms with Crippen molar-refractivity contribution in [2.45, 2.75) is 38.7 Å². The average molecular weight is 238 g/mol. The Kier molecular flexibility index (Phi) is 3.61. The number of nitrogens with two attached hydrogens (primary N) is 1. The predicted octanol–water partition coefficient (Wildman–Crippen LogP) is 1.42. The van der Waals surface area contributed by atoms with Crippen LogP contribution in [0.4, 0.5) is 5.95 Å². The third kappa shape index (κ3) is 3.18. The van der Waals surface area contributed by atoms with Crippen LogP contribution >= 0.6 is 0 Å². The molecule has 0 amide bonds. The number of nitrogens with zero attached hydrogens (tertiary/aromatic N) is 3. The van der Waals surface area contributed by atoms with Gasteiger partial charge < -0.3 is 15.2 Å². The highest BCUT2D eigenvalue weighted by atomic mass is 16.5. The first-order valence-corrected chi connectivity index (χ1v) is 5.89. The maximum Gasteiger partial charge on any atom is 0.324 e. The second kappa shape index (κ2) is 5.16. The molecule has 1 fully saturated rings. The lowest BCUT2D eigenvalue weighted by Crippen LogP contribution is -2.25. The van der Waals surface area contributed by atoms with Crippen LogP contribution in [-0.2, 0) is 0 Å². The summed E-state index contributed by atoms with van der Waals surface area (Å²) in [5, 5.41) is 0. The summed E-state index contributed by atoms with van der Waals surface area (Å²) in [5.74, 6) is 0.811. The third-order valence-electron chi connectivity index (χ3n) is 2.95. The number of ether oxygens (including phenoxy) is 2. The van der Waals surface area contributed by atoms with Crippen molar-refractivity contribution in [3.63, 3.8) is 0 Å². The van der Waals surface area contributed by atoms with Crippen LogP contribution in [0.25, 0.3) is 0 Å². The van der Waals surface area contributed by atoms with Gasteiger partial charge in [-0.15, -0.1) is 4.98 Å². The van der Waals surface area contributed by atoms with E-state index in [1.54, 1.807) is 0 Å². The molecule has 2 unspecified atom stereocenters. The Morgan fingerprint density at radius 1 is 1.18 bits per heavy atom. The fourth-order valence-corrected chi connectivity index (χ4v) is 2.13. The van der Waals surface area contributed by atoms with Crippen molar-refractivity contribution in [1.82, 2.24) is 15.0 Å². The quantitative estimate of drug-likeness (QED) is 0.857. The number of methoxy groups -OCH3 is 1. The van der Waals surface area contributed by atoms with Crippen LogP contribution in [0.2, 0.25) is 0 Å². The monoisotopic (exact) mass is 238 g/mol. The smallest absolute Gasteiger partial charge is 0.324 e. The van der Waals surface area contributed by atoms with Gasteiger partial charge in [-0.2, -0.15) is 9.97 Å². The van der Waals surface area contributed by atoms with Crippen molar-refractivity contribution in [2.75, 3.05) is 12.8 Å². The minimum Gasteiger partial charge on any atom is -0.467 e. The second-order valence-corrected chi connectivity index (χ2v) is 4.47. The number of hydrogen-bond acceptors (Lipinski definition) is 6. The minimum atomic E-state index is 0.121. The van der Waals surface area contributed by atoms with E-state index in [4.69, 9.17) is 15.2 Å². The summed E-state index contributed by atoms with van der Waals surface area (Å²) in [4.78, 5) is 11.8. The van der Waals surface area contributed by atoms with Gasteiger partial charge in [0.25, 0.3) is 0 Å². The molecule has 1 saturated carbocycles. The summed E-state index contributed by atoms with van der Waals surface area (Å²) in [7, 11) is 1.49. The molecule has 6 heteroatoms. The standard InChI is InChI=1S/C11H18N4O2/c1-7-4-3-5-8(6-7)17-11-14-9(12)13-10(15-11)16-2/h7-8H,3-6H2,1-2H3,(H2,12,13,14,15). The molecule has 0 radical (unpaired) electrons. The Balaban J connectivity index is 2.04. The Bertz CT molecular complexity index is 386. The molecule has 2 rings (SSSR count). The van der Waals surface area contributed by atoms with E-state index >= 15 is 0 Å². The van der Waals surface area contributed by atoms with Gasteiger partial charge in [-0.1, -0.05) is 13.3 Å². The summed E-state index contributed by atoms with van der Waals surface area (Å²) >= 11 is 0. The number of hydrogen-bond donors (Lipinski definition) is 1. The predicted molar refractivity (Wildman–Crippen MR) is 62.8 cm³/mol. The highest BCUT2D eigenvalue weighted by molar-refractivity contribution is 5.20. The van der Waals surface area contributed by atoms with E-state index in [0.717, 1.165) is 12.8 Å². The van der Waals surface area contributed by atoms with Crippen molar-refractivity contribution in [3.8, 4) is 12.0 Å². The zero-order valence-corrected chi connectivity index (χ0v) is 10.2. The number of aromatic nitrogens is 3. The van der Waals surface area contributed by atoms with E-state index in [0.29, 0.717) is 5.92 Å². The number of rotatable bonds is 3. The van der Waals surface area contributed by atoms with Gasteiger partial charge in [0.05, 0.1) is 7.11 Å². The molecular formula is C11H18N4O2. The zero-order valence-electron chi connectivity index (χ0n) is 10.2. The highest BCUT2D eigenvalue weighted by Crippen LogP contribution is 2.26. The second-order valence-electron chi connectivity index (χ2n) is 4.47. The zero-order chi connectivity index (χ0) is 12.3. The van der Waals surface area contributed by atoms with Gasteiger partial charge in [0.15, 0.2) is 0 Å². The van der Waals surface area contributed by atoms with Gasteiger partial charge in [0.1, 0.15) is 6.10 Å². The van der Waals surface area contributed by atoms with Crippen molar-refractivity contribution in [1.29, 1.82) is 0 Å². The molecule has 1 heterocycles. The van der Waals surface area contributed by atoms with Crippen LogP contribution < -0.4 is 15.2 Å². The minimum absolute atomic E-state index is 0.121. The molecule has 6 nitrogen and oxygen atoms in total. The van der Waals surface area contributed by atoms with E-state index in [-0.39, 0.29) is 24.1 Å². The first-order chi connectivity index (χ1) is 8.17. The summed E-state index contributed by atoms with van der Waals surface area (Å²) < 4.78 is 10.7. The molecule has 2 N–H and O–H groups in total. The lowest BCUT2D eigenvalue weighted by molar-refractivity contribution is 0.117. The van der Waals surface area contributed by atoms with E-state index in [9.17, 15) is 0 Å². The van der Waals surface area contributed by atoms with Crippen LogP contribution in [0.1, 0.15) is 32.6 Å². The molecular weight excluding hydrogens is 220 g/mol. The molecule has 2 atom stereocenters. The highest BCUT2D eigenvalue weighted by Gasteiger charge is 2.21. The van der Waals surface area contributed by atoms with Crippen LogP contribution in [0, 0.1) is 5.92 Å². The first kappa shape index (κ1) is 11.9. The van der Waals surface area contributed by atoms with Crippen molar-refractivity contribution < 1.29 is 9.47 Å². The molecule has 0 aromatic carbocycles. The summed E-state index contributed by atoms with van der Waals surface area (Å²) in [6, 6.07) is 0.449. The average Bonchev–Trinajstić information content (AvgIpc) is 2.28. The van der Waals surface area contributed by atoms with Gasteiger partial charge in [0, 0.05) is 0 Å². The third-order valence-corrected chi connectivity index (χ3v) is 2.95. The normalized spacial score (nSPS) is 24.4. The van der Waals surface area contributed by atoms with E-state index in [2.05, 4.69) is 21.9 Å². The van der Waals surface area contributed by atoms with Crippen molar-refractivity contribution in [2.24, 2.45) is 5.92 Å². The van der Waals surface area contributed by atoms with Crippen LogP contribution in [0.5, 0.6) is 12.0 Å². The van der Waals surface area contributed by atoms with E-state index < -0.39 is 0 Å². The first-order valence-electron chi connectivity index (χ1n) is 5.89. The van der Waals surface area contributed by atoms with Crippen LogP contribution in [-0.4, -0.2) is 28.2 Å². The van der Waals surface area contributed by atoms with E-state index in [1.807, 2.05) is 0 Å². The molecule has 0 bridgehead atoms. The summed E-state index contributed by atoms with van der Waals surface area (Å²) in [6.07, 6.45) is 4.70. The topological polar surface area (TPSA) is 83.2 Å². The SMILES string of the molecule is COc1nc(N)nc(OC2CCCC(C)C2)n1. The molecule has 0 saturated heterocycles. The Morgan fingerprint density at radius 2 is 1.94 bits per heavy atom. The molecule has 94 valence electrons. The Morgan fingerprint density at radius 3 is 2.65 bits per heavy atom. The summed E-state index contributed by atoms with van der Waals surface area (Å²) in [6.45, 7) is 2.23. The van der Waals surface area contributed by atoms with Crippen molar-refractivity contribution in [3.05, 3.63) is 0 Å². The molecule has 17 heavy (non-hydrogen) atoms. The number of nitrogen functional groups attached to an aromatic ring is 1. The molecule has 1 aromatic heterocycles. The molecule has 1 aliphatic carbocycles. The van der Waals surface area contributed by atoms with Gasteiger partial charge in [-0.3, -0.25) is 0 Å². The number of anilines is 1. The van der Waals surface area contributed by atoms with Crippen molar-refractivity contribution >= 4 is 5.95 Å². The van der Waals surface area contributed by atoms with Gasteiger partial charge >= 0.3 is 12.0 Å². The van der Waals surface area contributed by atoms with Crippen LogP contribution in [0.15, 0.2) is 0 Å². The molecule has 1 aromatic rings. The largest absolute Gasteiger partial charge is 0.467 e. The Labute approximate surface area is 101 Å². The molecule has 1 aliphatic rings. The van der Waals surface area contributed by atoms with Gasteiger partial charge in [-0.25, -0.2) is 0 Å². The fraction of sp³-hybridized carbons (Fsp3) is 0.727. The lowest BCUT2D eigenvalue weighted by atomic mass is 9.89. The van der Waals surface area contributed by atoms with Gasteiger partial charge in [0.2, 0.25) is 5.95 Å². The van der Waals surface area contributed by atoms with E-state index in [1.165, 1.54) is 20.0 Å². The lowest BCUT2D eigenvalue weighted by Gasteiger charge is -2.26. The Hall–Kier alpha value is -1.59. The maximum atomic E-state index is 5.73. The molecule has 0 aliphatic heterocycles.